The summed E-state index contributed by atoms with van der Waals surface area (Å²) in [6.07, 6.45) is 11.9. The molecule has 18 heavy (non-hydrogen) atoms. The van der Waals surface area contributed by atoms with Crippen LogP contribution in [0, 0.1) is 23.2 Å². The van der Waals surface area contributed by atoms with Crippen LogP contribution >= 0.6 is 0 Å². The Hall–Kier alpha value is -0.0400. The summed E-state index contributed by atoms with van der Waals surface area (Å²) in [6, 6.07) is 0. The third-order valence-electron chi connectivity index (χ3n) is 5.64. The van der Waals surface area contributed by atoms with Crippen LogP contribution in [0.1, 0.15) is 78.6 Å². The largest absolute Gasteiger partial charge is 0.393 e. The maximum absolute atomic E-state index is 10.6. The lowest BCUT2D eigenvalue weighted by Gasteiger charge is -2.48. The Balaban J connectivity index is 1.92. The Labute approximate surface area is 113 Å². The van der Waals surface area contributed by atoms with Crippen LogP contribution in [0.25, 0.3) is 0 Å². The van der Waals surface area contributed by atoms with E-state index in [1.54, 1.807) is 0 Å². The first-order chi connectivity index (χ1) is 8.54. The molecule has 0 saturated heterocycles. The Morgan fingerprint density at radius 2 is 2.11 bits per heavy atom. The normalized spacial score (nSPS) is 39.3. The third kappa shape index (κ3) is 3.29. The van der Waals surface area contributed by atoms with E-state index in [2.05, 4.69) is 20.8 Å². The molecule has 0 aromatic heterocycles. The van der Waals surface area contributed by atoms with Crippen LogP contribution in [-0.2, 0) is 0 Å². The van der Waals surface area contributed by atoms with Crippen LogP contribution in [0.3, 0.4) is 0 Å². The minimum absolute atomic E-state index is 0.0447. The molecule has 1 N–H and O–H groups in total. The van der Waals surface area contributed by atoms with Gasteiger partial charge in [0, 0.05) is 0 Å². The van der Waals surface area contributed by atoms with Gasteiger partial charge in [0.25, 0.3) is 0 Å². The lowest BCUT2D eigenvalue weighted by molar-refractivity contribution is -0.0313. The molecule has 5 unspecified atom stereocenters. The molecule has 0 aromatic rings. The average molecular weight is 252 g/mol. The predicted octanol–water partition coefficient (Wildman–Crippen LogP) is 4.78. The maximum atomic E-state index is 10.6. The van der Waals surface area contributed by atoms with Crippen LogP contribution in [-0.4, -0.2) is 11.2 Å². The zero-order valence-electron chi connectivity index (χ0n) is 12.6. The Morgan fingerprint density at radius 1 is 1.33 bits per heavy atom. The fourth-order valence-corrected chi connectivity index (χ4v) is 4.67. The number of fused-ring (bicyclic) bond motifs is 2. The second-order valence-corrected chi connectivity index (χ2v) is 7.58. The first kappa shape index (κ1) is 14.4. The Kier molecular flexibility index (Phi) is 4.75. The van der Waals surface area contributed by atoms with Crippen molar-refractivity contribution in [2.75, 3.05) is 0 Å². The summed E-state index contributed by atoms with van der Waals surface area (Å²) in [6.45, 7) is 6.97. The van der Waals surface area contributed by atoms with Gasteiger partial charge in [-0.05, 0) is 55.3 Å². The standard InChI is InChI=1S/C17H32O/c1-4-5-7-13(2)16(18)15-10-14-8-6-9-17(3,11-14)12-15/h13-16,18H,4-12H2,1-3H3. The van der Waals surface area contributed by atoms with Crippen LogP contribution in [0.5, 0.6) is 0 Å². The zero-order valence-corrected chi connectivity index (χ0v) is 12.6. The molecule has 0 heterocycles. The van der Waals surface area contributed by atoms with E-state index < -0.39 is 0 Å². The molecule has 0 aromatic carbocycles. The van der Waals surface area contributed by atoms with Gasteiger partial charge in [0.2, 0.25) is 0 Å². The van der Waals surface area contributed by atoms with Crippen LogP contribution in [0.2, 0.25) is 0 Å². The smallest absolute Gasteiger partial charge is 0.0594 e. The van der Waals surface area contributed by atoms with Gasteiger partial charge in [0.05, 0.1) is 6.10 Å². The summed E-state index contributed by atoms with van der Waals surface area (Å²) in [5.41, 5.74) is 0.553. The molecule has 5 atom stereocenters. The fourth-order valence-electron chi connectivity index (χ4n) is 4.67. The predicted molar refractivity (Wildman–Crippen MR) is 77.5 cm³/mol. The maximum Gasteiger partial charge on any atom is 0.0594 e. The molecule has 1 heteroatoms. The minimum Gasteiger partial charge on any atom is -0.393 e. The molecule has 2 aliphatic rings. The zero-order chi connectivity index (χ0) is 13.2. The van der Waals surface area contributed by atoms with E-state index in [9.17, 15) is 5.11 Å². The Bertz CT molecular complexity index is 262. The van der Waals surface area contributed by atoms with Crippen molar-refractivity contribution in [3.8, 4) is 0 Å². The number of hydrogen-bond acceptors (Lipinski definition) is 1. The van der Waals surface area contributed by atoms with Crippen LogP contribution < -0.4 is 0 Å². The summed E-state index contributed by atoms with van der Waals surface area (Å²) in [5, 5.41) is 10.6. The highest BCUT2D eigenvalue weighted by molar-refractivity contribution is 4.93. The molecule has 2 saturated carbocycles. The third-order valence-corrected chi connectivity index (χ3v) is 5.64. The van der Waals surface area contributed by atoms with Gasteiger partial charge in [-0.15, -0.1) is 0 Å². The molecular formula is C17H32O. The van der Waals surface area contributed by atoms with Crippen molar-refractivity contribution in [3.63, 3.8) is 0 Å². The van der Waals surface area contributed by atoms with E-state index in [-0.39, 0.29) is 6.10 Å². The molecule has 0 amide bonds. The number of aliphatic hydroxyl groups excluding tert-OH is 1. The first-order valence-electron chi connectivity index (χ1n) is 8.22. The minimum atomic E-state index is -0.0447. The summed E-state index contributed by atoms with van der Waals surface area (Å²) >= 11 is 0. The molecule has 1 nitrogen and oxygen atoms in total. The van der Waals surface area contributed by atoms with E-state index in [1.165, 1.54) is 57.8 Å². The Morgan fingerprint density at radius 3 is 2.78 bits per heavy atom. The van der Waals surface area contributed by atoms with Crippen molar-refractivity contribution in [1.82, 2.24) is 0 Å². The van der Waals surface area contributed by atoms with E-state index in [0.717, 1.165) is 5.92 Å². The SMILES string of the molecule is CCCCC(C)C(O)C1CC2CCCC(C)(C2)C1. The van der Waals surface area contributed by atoms with Crippen LogP contribution in [0.4, 0.5) is 0 Å². The van der Waals surface area contributed by atoms with Crippen molar-refractivity contribution >= 4 is 0 Å². The number of unbranched alkanes of at least 4 members (excludes halogenated alkanes) is 1. The average Bonchev–Trinajstić information content (AvgIpc) is 2.33. The van der Waals surface area contributed by atoms with Crippen molar-refractivity contribution < 1.29 is 5.11 Å². The topological polar surface area (TPSA) is 20.2 Å². The second kappa shape index (κ2) is 5.94. The van der Waals surface area contributed by atoms with Gasteiger partial charge < -0.3 is 5.11 Å². The van der Waals surface area contributed by atoms with Gasteiger partial charge in [-0.3, -0.25) is 0 Å². The molecule has 106 valence electrons. The van der Waals surface area contributed by atoms with Gasteiger partial charge in [-0.25, -0.2) is 0 Å². The summed E-state index contributed by atoms with van der Waals surface area (Å²) in [7, 11) is 0. The number of rotatable bonds is 5. The second-order valence-electron chi connectivity index (χ2n) is 7.58. The van der Waals surface area contributed by atoms with Crippen molar-refractivity contribution in [2.24, 2.45) is 23.2 Å². The van der Waals surface area contributed by atoms with E-state index in [0.29, 0.717) is 17.3 Å². The van der Waals surface area contributed by atoms with Gasteiger partial charge in [-0.1, -0.05) is 46.5 Å². The summed E-state index contributed by atoms with van der Waals surface area (Å²) in [4.78, 5) is 0. The quantitative estimate of drug-likeness (QED) is 0.746. The molecule has 2 aliphatic carbocycles. The van der Waals surface area contributed by atoms with Crippen LogP contribution in [0.15, 0.2) is 0 Å². The van der Waals surface area contributed by atoms with Crippen molar-refractivity contribution in [1.29, 1.82) is 0 Å². The lowest BCUT2D eigenvalue weighted by Crippen LogP contribution is -2.41. The first-order valence-corrected chi connectivity index (χ1v) is 8.22. The molecule has 0 spiro atoms. The van der Waals surface area contributed by atoms with E-state index >= 15 is 0 Å². The van der Waals surface area contributed by atoms with Crippen molar-refractivity contribution in [3.05, 3.63) is 0 Å². The summed E-state index contributed by atoms with van der Waals surface area (Å²) in [5.74, 6) is 1.99. The van der Waals surface area contributed by atoms with Crippen molar-refractivity contribution in [2.45, 2.75) is 84.7 Å². The molecular weight excluding hydrogens is 220 g/mol. The van der Waals surface area contributed by atoms with Gasteiger partial charge in [0.1, 0.15) is 0 Å². The fraction of sp³-hybridized carbons (Fsp3) is 1.00. The highest BCUT2D eigenvalue weighted by Crippen LogP contribution is 2.52. The highest BCUT2D eigenvalue weighted by Gasteiger charge is 2.42. The summed E-state index contributed by atoms with van der Waals surface area (Å²) < 4.78 is 0. The van der Waals surface area contributed by atoms with E-state index in [1.807, 2.05) is 0 Å². The molecule has 2 rings (SSSR count). The molecule has 0 aliphatic heterocycles. The van der Waals surface area contributed by atoms with Gasteiger partial charge in [-0.2, -0.15) is 0 Å². The number of aliphatic hydroxyl groups is 1. The molecule has 2 bridgehead atoms. The van der Waals surface area contributed by atoms with Gasteiger partial charge >= 0.3 is 0 Å². The monoisotopic (exact) mass is 252 g/mol. The number of hydrogen-bond donors (Lipinski definition) is 1. The molecule has 2 fully saturated rings. The van der Waals surface area contributed by atoms with E-state index in [4.69, 9.17) is 0 Å². The van der Waals surface area contributed by atoms with Gasteiger partial charge in [0.15, 0.2) is 0 Å². The highest BCUT2D eigenvalue weighted by atomic mass is 16.3. The molecule has 0 radical (unpaired) electrons. The lowest BCUT2D eigenvalue weighted by atomic mass is 9.58.